The molecule has 1 atom stereocenters. The Kier molecular flexibility index (Phi) is 12.9. The summed E-state index contributed by atoms with van der Waals surface area (Å²) < 4.78 is 80.8. The number of aromatic amines is 1. The number of H-pyrrole nitrogens is 1. The second-order valence-electron chi connectivity index (χ2n) is 14.3. The van der Waals surface area contributed by atoms with Crippen LogP contribution in [0.4, 0.5) is 10.7 Å². The number of benzene rings is 5. The molecule has 328 valence electrons. The summed E-state index contributed by atoms with van der Waals surface area (Å²) in [5, 5.41) is 24.7. The lowest BCUT2D eigenvalue weighted by atomic mass is 9.98. The Morgan fingerprint density at radius 3 is 1.94 bits per heavy atom. The minimum atomic E-state index is -4.96. The maximum Gasteiger partial charge on any atom is 0.404 e. The number of rotatable bonds is 18. The Bertz CT molecular complexity index is 2910. The van der Waals surface area contributed by atoms with Gasteiger partial charge in [-0.3, -0.25) is 0 Å². The number of fused-ring (bicyclic) bond motifs is 1. The predicted molar refractivity (Wildman–Crippen MR) is 233 cm³/mol. The number of nitrogens with zero attached hydrogens (tertiary/aromatic N) is 6. The van der Waals surface area contributed by atoms with Crippen molar-refractivity contribution in [2.24, 2.45) is 0 Å². The van der Waals surface area contributed by atoms with Crippen molar-refractivity contribution >= 4 is 43.1 Å². The van der Waals surface area contributed by atoms with Crippen molar-refractivity contribution in [3.8, 4) is 39.8 Å². The SMILES string of the molecule is COc1ccc(CN(Cc2ccc(OC)cc2)S(=O)(=O)c2c(S(=O)(=O)N[C@@H](C)CNC(=O)O)ccc(-c3cccc4[nH]c(N)nc34)c2-c2nnn(Cc3ccc(OC)cc3)n2)cc1. The molecular formula is C42H44N10O9S2. The van der Waals surface area contributed by atoms with Gasteiger partial charge in [0.1, 0.15) is 27.0 Å². The van der Waals surface area contributed by atoms with Crippen LogP contribution >= 0.6 is 0 Å². The molecule has 19 nitrogen and oxygen atoms in total. The van der Waals surface area contributed by atoms with Crippen LogP contribution < -0.4 is 30.0 Å². The number of anilines is 1. The van der Waals surface area contributed by atoms with Gasteiger partial charge in [0, 0.05) is 31.2 Å². The normalized spacial score (nSPS) is 12.3. The van der Waals surface area contributed by atoms with Gasteiger partial charge in [-0.05, 0) is 82.9 Å². The summed E-state index contributed by atoms with van der Waals surface area (Å²) in [6, 6.07) is 27.5. The zero-order valence-corrected chi connectivity index (χ0v) is 36.1. The minimum Gasteiger partial charge on any atom is -0.497 e. The minimum absolute atomic E-state index is 0.0907. The zero-order chi connectivity index (χ0) is 44.9. The molecule has 0 bridgehead atoms. The summed E-state index contributed by atoms with van der Waals surface area (Å²) in [6.07, 6.45) is -1.37. The molecule has 21 heteroatoms. The summed E-state index contributed by atoms with van der Waals surface area (Å²) in [7, 11) is -5.18. The van der Waals surface area contributed by atoms with E-state index in [0.29, 0.717) is 45.0 Å². The molecule has 2 aromatic heterocycles. The first-order valence-corrected chi connectivity index (χ1v) is 22.2. The van der Waals surface area contributed by atoms with Crippen LogP contribution in [0.2, 0.25) is 0 Å². The number of nitrogens with one attached hydrogen (secondary N) is 3. The van der Waals surface area contributed by atoms with Gasteiger partial charge in [0.15, 0.2) is 5.95 Å². The quantitative estimate of drug-likeness (QED) is 0.0771. The fraction of sp³-hybridized carbons (Fsp3) is 0.214. The fourth-order valence-electron chi connectivity index (χ4n) is 6.89. The van der Waals surface area contributed by atoms with Crippen LogP contribution in [0.15, 0.2) is 113 Å². The average molecular weight is 897 g/mol. The Morgan fingerprint density at radius 2 is 1.38 bits per heavy atom. The Morgan fingerprint density at radius 1 is 0.810 bits per heavy atom. The van der Waals surface area contributed by atoms with Crippen molar-refractivity contribution in [2.75, 3.05) is 33.6 Å². The highest BCUT2D eigenvalue weighted by Gasteiger charge is 2.38. The first-order valence-electron chi connectivity index (χ1n) is 19.3. The van der Waals surface area contributed by atoms with Gasteiger partial charge in [0.05, 0.1) is 44.5 Å². The van der Waals surface area contributed by atoms with E-state index < -0.39 is 42.0 Å². The van der Waals surface area contributed by atoms with Crippen molar-refractivity contribution in [1.82, 2.24) is 44.5 Å². The lowest BCUT2D eigenvalue weighted by Crippen LogP contribution is -2.42. The Labute approximate surface area is 362 Å². The number of nitrogens with two attached hydrogens (primary N) is 1. The van der Waals surface area contributed by atoms with Crippen LogP contribution in [0.1, 0.15) is 23.6 Å². The number of para-hydroxylation sites is 1. The smallest absolute Gasteiger partial charge is 0.404 e. The number of ether oxygens (including phenoxy) is 3. The first-order chi connectivity index (χ1) is 30.2. The van der Waals surface area contributed by atoms with Crippen molar-refractivity contribution in [3.63, 3.8) is 0 Å². The second kappa shape index (κ2) is 18.5. The molecule has 0 fully saturated rings. The number of carbonyl (C=O) groups is 1. The van der Waals surface area contributed by atoms with E-state index in [4.69, 9.17) is 19.9 Å². The molecule has 2 heterocycles. The number of sulfonamides is 2. The molecule has 0 saturated carbocycles. The van der Waals surface area contributed by atoms with Crippen LogP contribution in [0.3, 0.4) is 0 Å². The Balaban J connectivity index is 1.50. The number of carboxylic acid groups (broad SMARTS) is 1. The van der Waals surface area contributed by atoms with Gasteiger partial charge in [0.2, 0.25) is 25.9 Å². The van der Waals surface area contributed by atoms with Crippen LogP contribution in [-0.4, -0.2) is 96.4 Å². The van der Waals surface area contributed by atoms with Crippen molar-refractivity contribution in [2.45, 2.75) is 42.4 Å². The predicted octanol–water partition coefficient (Wildman–Crippen LogP) is 4.87. The number of methoxy groups -OCH3 is 3. The molecule has 63 heavy (non-hydrogen) atoms. The third-order valence-corrected chi connectivity index (χ3v) is 13.6. The zero-order valence-electron chi connectivity index (χ0n) is 34.5. The van der Waals surface area contributed by atoms with Crippen LogP contribution in [0.25, 0.3) is 33.5 Å². The van der Waals surface area contributed by atoms with E-state index >= 15 is 8.42 Å². The van der Waals surface area contributed by atoms with E-state index in [1.54, 1.807) is 98.1 Å². The van der Waals surface area contributed by atoms with Crippen molar-refractivity contribution in [3.05, 3.63) is 120 Å². The van der Waals surface area contributed by atoms with Crippen LogP contribution in [0.5, 0.6) is 17.2 Å². The molecule has 0 radical (unpaired) electrons. The number of hydrogen-bond acceptors (Lipinski definition) is 13. The summed E-state index contributed by atoms with van der Waals surface area (Å²) in [5.41, 5.74) is 9.26. The molecule has 0 aliphatic heterocycles. The highest BCUT2D eigenvalue weighted by atomic mass is 32.2. The summed E-state index contributed by atoms with van der Waals surface area (Å²) >= 11 is 0. The molecule has 5 aromatic carbocycles. The third-order valence-electron chi connectivity index (χ3n) is 9.94. The van der Waals surface area contributed by atoms with E-state index in [2.05, 4.69) is 35.4 Å². The molecule has 7 rings (SSSR count). The standard InChI is InChI=1S/C42H44N10O9S2/c1-26(22-44-42(53)54)49-62(55,56)36-21-20-33(34-6-5-7-35-38(34)46-41(43)45-35)37(40-47-50-52(48-40)25-29-12-18-32(61-4)19-13-29)39(36)63(57,58)51(23-27-8-14-30(59-2)15-9-27)24-28-10-16-31(60-3)17-11-28/h5-21,26,44,49H,22-25H2,1-4H3,(H,53,54)(H3,43,45,46)/t26-/m0/s1. The van der Waals surface area contributed by atoms with Gasteiger partial charge in [-0.15, -0.1) is 10.2 Å². The molecular weight excluding hydrogens is 853 g/mol. The molecule has 7 aromatic rings. The van der Waals surface area contributed by atoms with Gasteiger partial charge in [0.25, 0.3) is 0 Å². The number of nitrogen functional groups attached to an aromatic ring is 1. The molecule has 0 unspecified atom stereocenters. The number of aromatic nitrogens is 6. The average Bonchev–Trinajstić information content (AvgIpc) is 3.91. The van der Waals surface area contributed by atoms with E-state index in [1.165, 1.54) is 38.1 Å². The van der Waals surface area contributed by atoms with Crippen LogP contribution in [0, 0.1) is 0 Å². The fourth-order valence-corrected chi connectivity index (χ4v) is 10.5. The Hall–Kier alpha value is -7.07. The van der Waals surface area contributed by atoms with E-state index in [9.17, 15) is 18.3 Å². The topological polar surface area (TPSA) is 259 Å². The summed E-state index contributed by atoms with van der Waals surface area (Å²) in [6.45, 7) is 0.764. The van der Waals surface area contributed by atoms with E-state index in [0.717, 1.165) is 9.87 Å². The lowest BCUT2D eigenvalue weighted by Gasteiger charge is -2.26. The molecule has 0 spiro atoms. The highest BCUT2D eigenvalue weighted by molar-refractivity contribution is 7.92. The van der Waals surface area contributed by atoms with Gasteiger partial charge in [-0.25, -0.2) is 31.3 Å². The molecule has 0 saturated heterocycles. The van der Waals surface area contributed by atoms with Crippen molar-refractivity contribution in [1.29, 1.82) is 0 Å². The maximum atomic E-state index is 15.9. The highest BCUT2D eigenvalue weighted by Crippen LogP contribution is 2.43. The van der Waals surface area contributed by atoms with Crippen molar-refractivity contribution < 1.29 is 40.9 Å². The molecule has 6 N–H and O–H groups in total. The van der Waals surface area contributed by atoms with Gasteiger partial charge in [-0.2, -0.15) is 9.10 Å². The van der Waals surface area contributed by atoms with Gasteiger partial charge in [-0.1, -0.05) is 54.6 Å². The van der Waals surface area contributed by atoms with Gasteiger partial charge < -0.3 is 35.4 Å². The number of amides is 1. The van der Waals surface area contributed by atoms with E-state index in [1.807, 2.05) is 0 Å². The molecule has 0 aliphatic carbocycles. The number of imidazole rings is 1. The van der Waals surface area contributed by atoms with Crippen LogP contribution in [-0.2, 0) is 39.7 Å². The number of hydrogen-bond donors (Lipinski definition) is 5. The monoisotopic (exact) mass is 896 g/mol. The maximum absolute atomic E-state index is 15.9. The second-order valence-corrected chi connectivity index (χ2v) is 17.9. The number of tetrazole rings is 1. The largest absolute Gasteiger partial charge is 0.497 e. The summed E-state index contributed by atoms with van der Waals surface area (Å²) in [5.74, 6) is 1.59. The summed E-state index contributed by atoms with van der Waals surface area (Å²) in [4.78, 5) is 18.8. The van der Waals surface area contributed by atoms with Gasteiger partial charge >= 0.3 is 6.09 Å². The lowest BCUT2D eigenvalue weighted by molar-refractivity contribution is 0.193. The third kappa shape index (κ3) is 9.86. The first kappa shape index (κ1) is 44.0. The molecule has 1 amide bonds. The molecule has 0 aliphatic rings. The van der Waals surface area contributed by atoms with E-state index in [-0.39, 0.29) is 49.1 Å².